The van der Waals surface area contributed by atoms with Crippen LogP contribution in [0.3, 0.4) is 0 Å². The molecule has 0 radical (unpaired) electrons. The van der Waals surface area contributed by atoms with Gasteiger partial charge in [-0.15, -0.1) is 0 Å². The Morgan fingerprint density at radius 1 is 1.00 bits per heavy atom. The fourth-order valence-corrected chi connectivity index (χ4v) is 4.28. The van der Waals surface area contributed by atoms with E-state index in [0.717, 1.165) is 42.9 Å². The smallest absolute Gasteiger partial charge is 0.258 e. The van der Waals surface area contributed by atoms with Crippen molar-refractivity contribution in [2.45, 2.75) is 31.7 Å². The normalized spacial score (nSPS) is 19.8. The monoisotopic (exact) mass is 391 g/mol. The van der Waals surface area contributed by atoms with Crippen molar-refractivity contribution in [1.29, 1.82) is 0 Å². The Morgan fingerprint density at radius 3 is 2.38 bits per heavy atom. The highest BCUT2D eigenvalue weighted by molar-refractivity contribution is 5.96. The second-order valence-electron chi connectivity index (χ2n) is 7.84. The predicted octanol–water partition coefficient (Wildman–Crippen LogP) is 4.05. The molecule has 29 heavy (non-hydrogen) atoms. The molecule has 2 heterocycles. The lowest BCUT2D eigenvalue weighted by molar-refractivity contribution is 0.0741. The summed E-state index contributed by atoms with van der Waals surface area (Å²) in [5.74, 6) is 0.0412. The molecule has 2 aromatic rings. The summed E-state index contributed by atoms with van der Waals surface area (Å²) in [6, 6.07) is 18.3. The SMILES string of the molecule is CONC1=CN(C(=O)c2ccc(-c3ccccc3)cc2)C(CN2CCCCC2)C1. The molecule has 0 aliphatic carbocycles. The zero-order chi connectivity index (χ0) is 20.1. The van der Waals surface area contributed by atoms with Gasteiger partial charge in [-0.2, -0.15) is 0 Å². The number of amides is 1. The fraction of sp³-hybridized carbons (Fsp3) is 0.375. The van der Waals surface area contributed by atoms with Crippen LogP contribution < -0.4 is 5.48 Å². The van der Waals surface area contributed by atoms with Crippen molar-refractivity contribution < 1.29 is 9.63 Å². The molecule has 1 atom stereocenters. The summed E-state index contributed by atoms with van der Waals surface area (Å²) in [7, 11) is 1.60. The Morgan fingerprint density at radius 2 is 1.69 bits per heavy atom. The number of piperidine rings is 1. The molecular weight excluding hydrogens is 362 g/mol. The molecule has 1 fully saturated rings. The fourth-order valence-electron chi connectivity index (χ4n) is 4.28. The van der Waals surface area contributed by atoms with Crippen molar-refractivity contribution in [3.8, 4) is 11.1 Å². The van der Waals surface area contributed by atoms with Crippen molar-refractivity contribution in [3.05, 3.63) is 72.1 Å². The third kappa shape index (κ3) is 4.69. The first kappa shape index (κ1) is 19.7. The second kappa shape index (κ2) is 9.25. The van der Waals surface area contributed by atoms with Crippen LogP contribution >= 0.6 is 0 Å². The number of carbonyl (C=O) groups is 1. The average Bonchev–Trinajstić information content (AvgIpc) is 3.17. The molecule has 1 unspecified atom stereocenters. The van der Waals surface area contributed by atoms with Crippen LogP contribution in [-0.2, 0) is 4.84 Å². The van der Waals surface area contributed by atoms with Gasteiger partial charge in [0.25, 0.3) is 5.91 Å². The first-order valence-corrected chi connectivity index (χ1v) is 10.4. The highest BCUT2D eigenvalue weighted by Crippen LogP contribution is 2.26. The Hall–Kier alpha value is -2.63. The second-order valence-corrected chi connectivity index (χ2v) is 7.84. The van der Waals surface area contributed by atoms with Crippen molar-refractivity contribution in [2.24, 2.45) is 0 Å². The molecule has 0 saturated carbocycles. The van der Waals surface area contributed by atoms with Crippen LogP contribution in [-0.4, -0.2) is 48.5 Å². The number of likely N-dealkylation sites (tertiary alicyclic amines) is 1. The van der Waals surface area contributed by atoms with Crippen molar-refractivity contribution in [1.82, 2.24) is 15.3 Å². The first-order valence-electron chi connectivity index (χ1n) is 10.4. The summed E-state index contributed by atoms with van der Waals surface area (Å²) in [4.78, 5) is 22.7. The molecule has 2 aliphatic heterocycles. The lowest BCUT2D eigenvalue weighted by Crippen LogP contribution is -2.43. The van der Waals surface area contributed by atoms with Crippen LogP contribution in [0, 0.1) is 0 Å². The summed E-state index contributed by atoms with van der Waals surface area (Å²) < 4.78 is 0. The van der Waals surface area contributed by atoms with Crippen molar-refractivity contribution >= 4 is 5.91 Å². The van der Waals surface area contributed by atoms with Gasteiger partial charge in [-0.1, -0.05) is 48.9 Å². The van der Waals surface area contributed by atoms with Crippen molar-refractivity contribution in [2.75, 3.05) is 26.7 Å². The van der Waals surface area contributed by atoms with Gasteiger partial charge in [0.1, 0.15) is 0 Å². The minimum absolute atomic E-state index is 0.0412. The summed E-state index contributed by atoms with van der Waals surface area (Å²) in [6.07, 6.45) is 6.51. The zero-order valence-corrected chi connectivity index (χ0v) is 17.0. The summed E-state index contributed by atoms with van der Waals surface area (Å²) in [5, 5.41) is 0. The molecule has 0 bridgehead atoms. The van der Waals surface area contributed by atoms with E-state index < -0.39 is 0 Å². The number of carbonyl (C=O) groups excluding carboxylic acids is 1. The van der Waals surface area contributed by atoms with Gasteiger partial charge in [-0.05, 0) is 49.2 Å². The van der Waals surface area contributed by atoms with Crippen LogP contribution in [0.25, 0.3) is 11.1 Å². The van der Waals surface area contributed by atoms with Gasteiger partial charge < -0.3 is 9.80 Å². The lowest BCUT2D eigenvalue weighted by atomic mass is 10.0. The van der Waals surface area contributed by atoms with Crippen LogP contribution in [0.15, 0.2) is 66.5 Å². The Bertz CT molecular complexity index is 842. The molecule has 152 valence electrons. The zero-order valence-electron chi connectivity index (χ0n) is 17.0. The maximum Gasteiger partial charge on any atom is 0.258 e. The summed E-state index contributed by atoms with van der Waals surface area (Å²) in [5.41, 5.74) is 6.86. The van der Waals surface area contributed by atoms with Gasteiger partial charge in [-0.3, -0.25) is 15.1 Å². The van der Waals surface area contributed by atoms with E-state index in [1.165, 1.54) is 19.3 Å². The quantitative estimate of drug-likeness (QED) is 0.755. The Kier molecular flexibility index (Phi) is 6.27. The number of hydroxylamine groups is 1. The van der Waals surface area contributed by atoms with Gasteiger partial charge in [0.05, 0.1) is 18.8 Å². The maximum absolute atomic E-state index is 13.3. The summed E-state index contributed by atoms with van der Waals surface area (Å²) >= 11 is 0. The molecule has 1 saturated heterocycles. The number of benzene rings is 2. The van der Waals surface area contributed by atoms with Gasteiger partial charge in [0.15, 0.2) is 0 Å². The van der Waals surface area contributed by atoms with E-state index in [9.17, 15) is 4.79 Å². The van der Waals surface area contributed by atoms with Gasteiger partial charge in [-0.25, -0.2) is 0 Å². The number of nitrogens with zero attached hydrogens (tertiary/aromatic N) is 2. The molecule has 0 spiro atoms. The topological polar surface area (TPSA) is 44.8 Å². The van der Waals surface area contributed by atoms with Gasteiger partial charge in [0.2, 0.25) is 0 Å². The number of nitrogens with one attached hydrogen (secondary N) is 1. The van der Waals surface area contributed by atoms with Crippen molar-refractivity contribution in [3.63, 3.8) is 0 Å². The minimum atomic E-state index is 0.0412. The van der Waals surface area contributed by atoms with E-state index in [0.29, 0.717) is 5.56 Å². The van der Waals surface area contributed by atoms with E-state index in [2.05, 4.69) is 22.5 Å². The molecular formula is C24H29N3O2. The van der Waals surface area contributed by atoms with Crippen LogP contribution in [0.2, 0.25) is 0 Å². The third-order valence-corrected chi connectivity index (χ3v) is 5.77. The molecule has 4 rings (SSSR count). The van der Waals surface area contributed by atoms with Crippen LogP contribution in [0.5, 0.6) is 0 Å². The molecule has 5 nitrogen and oxygen atoms in total. The maximum atomic E-state index is 13.3. The molecule has 1 amide bonds. The highest BCUT2D eigenvalue weighted by Gasteiger charge is 2.32. The third-order valence-electron chi connectivity index (χ3n) is 5.77. The number of hydrogen-bond donors (Lipinski definition) is 1. The number of rotatable bonds is 6. The minimum Gasteiger partial charge on any atom is -0.308 e. The Labute approximate surface area is 172 Å². The van der Waals surface area contributed by atoms with E-state index in [4.69, 9.17) is 4.84 Å². The van der Waals surface area contributed by atoms with Gasteiger partial charge in [0, 0.05) is 24.7 Å². The van der Waals surface area contributed by atoms with Gasteiger partial charge >= 0.3 is 0 Å². The summed E-state index contributed by atoms with van der Waals surface area (Å²) in [6.45, 7) is 3.15. The number of hydrogen-bond acceptors (Lipinski definition) is 4. The van der Waals surface area contributed by atoms with E-state index in [1.807, 2.05) is 53.6 Å². The first-order chi connectivity index (χ1) is 14.2. The van der Waals surface area contributed by atoms with E-state index in [1.54, 1.807) is 7.11 Å². The Balaban J connectivity index is 1.50. The van der Waals surface area contributed by atoms with Crippen LogP contribution in [0.1, 0.15) is 36.0 Å². The molecule has 0 aromatic heterocycles. The standard InChI is InChI=1S/C24H29N3O2/c1-29-25-22-16-23(18-26-14-6-3-7-15-26)27(17-22)24(28)21-12-10-20(11-13-21)19-8-4-2-5-9-19/h2,4-5,8-13,17,23,25H,3,6-7,14-16,18H2,1H3. The van der Waals surface area contributed by atoms with Crippen LogP contribution in [0.4, 0.5) is 0 Å². The molecule has 5 heteroatoms. The molecule has 2 aliphatic rings. The highest BCUT2D eigenvalue weighted by atomic mass is 16.6. The average molecular weight is 392 g/mol. The van der Waals surface area contributed by atoms with E-state index >= 15 is 0 Å². The van der Waals surface area contributed by atoms with E-state index in [-0.39, 0.29) is 11.9 Å². The lowest BCUT2D eigenvalue weighted by Gasteiger charge is -2.32. The molecule has 2 aromatic carbocycles. The largest absolute Gasteiger partial charge is 0.308 e. The predicted molar refractivity (Wildman–Crippen MR) is 115 cm³/mol. The molecule has 1 N–H and O–H groups in total.